The third-order valence-electron chi connectivity index (χ3n) is 6.17. The van der Waals surface area contributed by atoms with E-state index < -0.39 is 0 Å². The molecule has 9 nitrogen and oxygen atoms in total. The molecule has 0 spiro atoms. The maximum Gasteiger partial charge on any atom is 0.275 e. The van der Waals surface area contributed by atoms with Gasteiger partial charge < -0.3 is 15.4 Å². The molecule has 1 fully saturated rings. The molecule has 9 heteroatoms. The zero-order chi connectivity index (χ0) is 22.6. The molecule has 3 N–H and O–H groups in total. The van der Waals surface area contributed by atoms with Crippen molar-refractivity contribution in [1.82, 2.24) is 25.3 Å². The van der Waals surface area contributed by atoms with Gasteiger partial charge in [0, 0.05) is 44.3 Å². The second-order valence-electron chi connectivity index (χ2n) is 8.93. The largest absolute Gasteiger partial charge is 0.378 e. The van der Waals surface area contributed by atoms with E-state index in [1.165, 1.54) is 4.68 Å². The summed E-state index contributed by atoms with van der Waals surface area (Å²) in [6.45, 7) is 6.48. The predicted octanol–water partition coefficient (Wildman–Crippen LogP) is 3.12. The van der Waals surface area contributed by atoms with Gasteiger partial charge >= 0.3 is 0 Å². The van der Waals surface area contributed by atoms with Crippen molar-refractivity contribution in [3.63, 3.8) is 0 Å². The Balaban J connectivity index is 1.63. The summed E-state index contributed by atoms with van der Waals surface area (Å²) in [5.74, 6) is 0.644. The van der Waals surface area contributed by atoms with Gasteiger partial charge in [-0.25, -0.2) is 0 Å². The molecule has 2 heterocycles. The molecule has 1 saturated carbocycles. The lowest BCUT2D eigenvalue weighted by Crippen LogP contribution is -2.34. The Morgan fingerprint density at radius 1 is 1.39 bits per heavy atom. The van der Waals surface area contributed by atoms with Crippen LogP contribution in [-0.4, -0.2) is 44.9 Å². The smallest absolute Gasteiger partial charge is 0.275 e. The minimum absolute atomic E-state index is 0.0185. The Kier molecular flexibility index (Phi) is 7.15. The van der Waals surface area contributed by atoms with Crippen molar-refractivity contribution in [2.75, 3.05) is 12.4 Å². The molecule has 0 bridgehead atoms. The van der Waals surface area contributed by atoms with Crippen LogP contribution in [-0.2, 0) is 23.2 Å². The first kappa shape index (κ1) is 23.0. The minimum atomic E-state index is -0.268. The fourth-order valence-electron chi connectivity index (χ4n) is 4.54. The lowest BCUT2D eigenvalue weighted by molar-refractivity contribution is -0.124. The zero-order valence-corrected chi connectivity index (χ0v) is 19.1. The van der Waals surface area contributed by atoms with Gasteiger partial charge in [-0.1, -0.05) is 6.92 Å². The number of amides is 2. The van der Waals surface area contributed by atoms with Gasteiger partial charge in [-0.15, -0.1) is 0 Å². The van der Waals surface area contributed by atoms with Gasteiger partial charge in [-0.2, -0.15) is 10.2 Å². The van der Waals surface area contributed by atoms with Gasteiger partial charge in [-0.05, 0) is 51.0 Å². The number of H-pyrrole nitrogens is 1. The third-order valence-corrected chi connectivity index (χ3v) is 6.17. The molecular weight excluding hydrogens is 396 g/mol. The van der Waals surface area contributed by atoms with Crippen LogP contribution in [0.5, 0.6) is 0 Å². The fourth-order valence-corrected chi connectivity index (χ4v) is 4.54. The topological polar surface area (TPSA) is 114 Å². The first-order valence-corrected chi connectivity index (χ1v) is 10.9. The summed E-state index contributed by atoms with van der Waals surface area (Å²) < 4.78 is 6.61. The average Bonchev–Trinajstić information content (AvgIpc) is 3.40. The molecule has 31 heavy (non-hydrogen) atoms. The Bertz CT molecular complexity index is 918. The predicted molar refractivity (Wildman–Crippen MR) is 118 cm³/mol. The quantitative estimate of drug-likeness (QED) is 0.566. The second kappa shape index (κ2) is 9.64. The van der Waals surface area contributed by atoms with Gasteiger partial charge in [0.15, 0.2) is 5.82 Å². The first-order valence-electron chi connectivity index (χ1n) is 10.9. The summed E-state index contributed by atoms with van der Waals surface area (Å²) in [7, 11) is 3.31. The van der Waals surface area contributed by atoms with Crippen LogP contribution in [0.15, 0.2) is 12.1 Å². The normalized spacial score (nSPS) is 20.9. The van der Waals surface area contributed by atoms with E-state index in [-0.39, 0.29) is 23.3 Å². The number of nitrogens with zero attached hydrogens (tertiary/aromatic N) is 3. The van der Waals surface area contributed by atoms with Gasteiger partial charge in [-0.3, -0.25) is 19.4 Å². The average molecular weight is 431 g/mol. The third kappa shape index (κ3) is 5.52. The lowest BCUT2D eigenvalue weighted by Gasteiger charge is -2.27. The summed E-state index contributed by atoms with van der Waals surface area (Å²) in [5, 5.41) is 17.5. The van der Waals surface area contributed by atoms with Gasteiger partial charge in [0.1, 0.15) is 5.69 Å². The minimum Gasteiger partial charge on any atom is -0.378 e. The molecule has 0 unspecified atom stereocenters. The van der Waals surface area contributed by atoms with Crippen LogP contribution in [0.4, 0.5) is 5.82 Å². The van der Waals surface area contributed by atoms with Crippen LogP contribution < -0.4 is 10.6 Å². The summed E-state index contributed by atoms with van der Waals surface area (Å²) in [4.78, 5) is 25.0. The number of aromatic nitrogens is 4. The van der Waals surface area contributed by atoms with Crippen molar-refractivity contribution in [2.24, 2.45) is 12.5 Å². The molecule has 0 radical (unpaired) electrons. The number of ether oxygens (including phenoxy) is 1. The number of carbonyl (C=O) groups is 2. The number of aromatic amines is 1. The number of nitrogens with one attached hydrogen (secondary N) is 3. The molecular formula is C22H34N6O3. The van der Waals surface area contributed by atoms with E-state index in [1.54, 1.807) is 20.2 Å². The molecule has 1 aliphatic rings. The summed E-state index contributed by atoms with van der Waals surface area (Å²) >= 11 is 0. The molecule has 0 saturated heterocycles. The van der Waals surface area contributed by atoms with Crippen molar-refractivity contribution < 1.29 is 14.3 Å². The zero-order valence-electron chi connectivity index (χ0n) is 19.1. The van der Waals surface area contributed by atoms with Crippen LogP contribution in [0.1, 0.15) is 80.7 Å². The number of anilines is 1. The number of hydrogen-bond acceptors (Lipinski definition) is 5. The van der Waals surface area contributed by atoms with Crippen molar-refractivity contribution in [1.29, 1.82) is 0 Å². The number of rotatable bonds is 9. The maximum atomic E-state index is 12.6. The van der Waals surface area contributed by atoms with Crippen LogP contribution in [0.25, 0.3) is 0 Å². The van der Waals surface area contributed by atoms with Crippen molar-refractivity contribution >= 4 is 17.6 Å². The summed E-state index contributed by atoms with van der Waals surface area (Å²) in [6.07, 6.45) is 4.47. The lowest BCUT2D eigenvalue weighted by atomic mass is 9.79. The van der Waals surface area contributed by atoms with E-state index >= 15 is 0 Å². The van der Waals surface area contributed by atoms with Crippen molar-refractivity contribution in [3.8, 4) is 0 Å². The molecule has 2 amide bonds. The van der Waals surface area contributed by atoms with E-state index in [1.807, 2.05) is 19.9 Å². The molecule has 0 aromatic carbocycles. The SMILES string of the molecule is CC[C@@]1(CC(=O)NC(C)C)CC[C@H](c2cc(NC(=O)c3cc(COC)nn3C)n[nH]2)C1. The first-order chi connectivity index (χ1) is 14.7. The highest BCUT2D eigenvalue weighted by Crippen LogP contribution is 2.50. The van der Waals surface area contributed by atoms with Crippen molar-refractivity contribution in [2.45, 2.75) is 71.4 Å². The molecule has 2 aromatic heterocycles. The van der Waals surface area contributed by atoms with E-state index in [9.17, 15) is 9.59 Å². The van der Waals surface area contributed by atoms with Crippen LogP contribution in [0.3, 0.4) is 0 Å². The van der Waals surface area contributed by atoms with Crippen LogP contribution >= 0.6 is 0 Å². The van der Waals surface area contributed by atoms with Gasteiger partial charge in [0.05, 0.1) is 12.3 Å². The molecule has 2 aromatic rings. The number of carbonyl (C=O) groups excluding carboxylic acids is 2. The Hall–Kier alpha value is -2.68. The molecule has 1 aliphatic carbocycles. The molecule has 170 valence electrons. The second-order valence-corrected chi connectivity index (χ2v) is 8.93. The highest BCUT2D eigenvalue weighted by molar-refractivity contribution is 6.02. The van der Waals surface area contributed by atoms with E-state index in [0.29, 0.717) is 36.2 Å². The molecule has 3 rings (SSSR count). The monoisotopic (exact) mass is 430 g/mol. The van der Waals surface area contributed by atoms with Gasteiger partial charge in [0.2, 0.25) is 5.91 Å². The summed E-state index contributed by atoms with van der Waals surface area (Å²) in [5.41, 5.74) is 2.16. The van der Waals surface area contributed by atoms with Gasteiger partial charge in [0.25, 0.3) is 5.91 Å². The van der Waals surface area contributed by atoms with E-state index in [2.05, 4.69) is 32.9 Å². The van der Waals surface area contributed by atoms with E-state index in [4.69, 9.17) is 4.74 Å². The number of methoxy groups -OCH3 is 1. The highest BCUT2D eigenvalue weighted by Gasteiger charge is 2.40. The summed E-state index contributed by atoms with van der Waals surface area (Å²) in [6, 6.07) is 3.76. The molecule has 0 aliphatic heterocycles. The number of aryl methyl sites for hydroxylation is 1. The Labute approximate surface area is 183 Å². The van der Waals surface area contributed by atoms with Crippen molar-refractivity contribution in [3.05, 3.63) is 29.2 Å². The fraction of sp³-hybridized carbons (Fsp3) is 0.636. The van der Waals surface area contributed by atoms with E-state index in [0.717, 1.165) is 31.4 Å². The molecule has 2 atom stereocenters. The standard InChI is InChI=1S/C22H34N6O3/c1-6-22(12-20(29)23-14(2)3)8-7-15(11-22)17-10-19(26-25-17)24-21(30)18-9-16(13-31-5)27-28(18)4/h9-10,14-15H,6-8,11-13H2,1-5H3,(H,23,29)(H2,24,25,26,30)/t15-,22+/m0/s1. The van der Waals surface area contributed by atoms with Crippen LogP contribution in [0, 0.1) is 5.41 Å². The van der Waals surface area contributed by atoms with Crippen LogP contribution in [0.2, 0.25) is 0 Å². The Morgan fingerprint density at radius 2 is 2.16 bits per heavy atom. The highest BCUT2D eigenvalue weighted by atomic mass is 16.5. The maximum absolute atomic E-state index is 12.6. The number of hydrogen-bond donors (Lipinski definition) is 3. The Morgan fingerprint density at radius 3 is 2.84 bits per heavy atom.